The molecular formula is C16H16FNO2. The van der Waals surface area contributed by atoms with Crippen molar-refractivity contribution in [2.45, 2.75) is 19.4 Å². The zero-order chi connectivity index (χ0) is 14.8. The van der Waals surface area contributed by atoms with Crippen LogP contribution >= 0.6 is 0 Å². The number of nitrogens with one attached hydrogen (secondary N) is 1. The van der Waals surface area contributed by atoms with Crippen LogP contribution in [-0.2, 0) is 5.54 Å². The average Bonchev–Trinajstić information content (AvgIpc) is 2.39. The van der Waals surface area contributed by atoms with Gasteiger partial charge in [-0.1, -0.05) is 24.3 Å². The van der Waals surface area contributed by atoms with Gasteiger partial charge in [0, 0.05) is 0 Å². The molecule has 0 unspecified atom stereocenters. The third-order valence-corrected chi connectivity index (χ3v) is 3.14. The van der Waals surface area contributed by atoms with Crippen molar-refractivity contribution in [2.75, 3.05) is 0 Å². The molecule has 0 atom stereocenters. The number of carbonyl (C=O) groups excluding carboxylic acids is 1. The molecule has 0 fully saturated rings. The Kier molecular flexibility index (Phi) is 3.74. The minimum Gasteiger partial charge on any atom is -0.507 e. The number of para-hydroxylation sites is 1. The molecule has 0 heterocycles. The summed E-state index contributed by atoms with van der Waals surface area (Å²) in [7, 11) is 0. The lowest BCUT2D eigenvalue weighted by atomic mass is 9.93. The molecule has 0 aliphatic carbocycles. The van der Waals surface area contributed by atoms with Crippen molar-refractivity contribution in [3.63, 3.8) is 0 Å². The molecule has 0 aliphatic rings. The zero-order valence-electron chi connectivity index (χ0n) is 11.4. The van der Waals surface area contributed by atoms with E-state index in [1.807, 2.05) is 13.8 Å². The van der Waals surface area contributed by atoms with Gasteiger partial charge in [-0.3, -0.25) is 4.79 Å². The number of hydrogen-bond acceptors (Lipinski definition) is 2. The molecule has 0 bridgehead atoms. The summed E-state index contributed by atoms with van der Waals surface area (Å²) in [6, 6.07) is 12.3. The predicted molar refractivity (Wildman–Crippen MR) is 75.0 cm³/mol. The van der Waals surface area contributed by atoms with Crippen LogP contribution in [0.15, 0.2) is 48.5 Å². The first kappa shape index (κ1) is 14.1. The van der Waals surface area contributed by atoms with E-state index in [9.17, 15) is 14.3 Å². The van der Waals surface area contributed by atoms with Crippen molar-refractivity contribution in [1.82, 2.24) is 5.32 Å². The molecule has 0 aromatic heterocycles. The highest BCUT2D eigenvalue weighted by atomic mass is 19.1. The van der Waals surface area contributed by atoms with Crippen molar-refractivity contribution < 1.29 is 14.3 Å². The topological polar surface area (TPSA) is 49.3 Å². The lowest BCUT2D eigenvalue weighted by Crippen LogP contribution is -2.41. The molecule has 0 spiro atoms. The molecule has 4 heteroatoms. The Labute approximate surface area is 117 Å². The Balaban J connectivity index is 2.22. The highest BCUT2D eigenvalue weighted by Crippen LogP contribution is 2.22. The molecule has 2 rings (SSSR count). The maximum atomic E-state index is 12.9. The molecule has 3 nitrogen and oxygen atoms in total. The molecule has 2 aromatic carbocycles. The van der Waals surface area contributed by atoms with Crippen molar-refractivity contribution in [2.24, 2.45) is 0 Å². The van der Waals surface area contributed by atoms with Crippen molar-refractivity contribution in [3.05, 3.63) is 65.5 Å². The molecule has 20 heavy (non-hydrogen) atoms. The van der Waals surface area contributed by atoms with Crippen LogP contribution in [0.2, 0.25) is 0 Å². The van der Waals surface area contributed by atoms with Crippen molar-refractivity contribution >= 4 is 5.91 Å². The van der Waals surface area contributed by atoms with Crippen LogP contribution in [-0.4, -0.2) is 11.0 Å². The van der Waals surface area contributed by atoms with Crippen LogP contribution in [0.4, 0.5) is 4.39 Å². The second kappa shape index (κ2) is 5.33. The van der Waals surface area contributed by atoms with Crippen molar-refractivity contribution in [3.8, 4) is 5.75 Å². The fourth-order valence-electron chi connectivity index (χ4n) is 1.96. The van der Waals surface area contributed by atoms with Gasteiger partial charge in [0.15, 0.2) is 0 Å². The number of carbonyl (C=O) groups is 1. The van der Waals surface area contributed by atoms with E-state index in [0.29, 0.717) is 0 Å². The van der Waals surface area contributed by atoms with Gasteiger partial charge in [-0.05, 0) is 43.7 Å². The average molecular weight is 273 g/mol. The fourth-order valence-corrected chi connectivity index (χ4v) is 1.96. The zero-order valence-corrected chi connectivity index (χ0v) is 11.4. The molecule has 0 radical (unpaired) electrons. The van der Waals surface area contributed by atoms with Crippen LogP contribution in [0.1, 0.15) is 29.8 Å². The minimum atomic E-state index is -0.674. The molecule has 1 amide bonds. The number of phenols is 1. The summed E-state index contributed by atoms with van der Waals surface area (Å²) >= 11 is 0. The van der Waals surface area contributed by atoms with E-state index in [4.69, 9.17) is 0 Å². The largest absolute Gasteiger partial charge is 0.507 e. The van der Waals surface area contributed by atoms with Gasteiger partial charge in [0.2, 0.25) is 0 Å². The number of hydrogen-bond donors (Lipinski definition) is 2. The highest BCUT2D eigenvalue weighted by molar-refractivity contribution is 5.97. The minimum absolute atomic E-state index is 0.0695. The van der Waals surface area contributed by atoms with Crippen LogP contribution in [0, 0.1) is 5.82 Å². The quantitative estimate of drug-likeness (QED) is 0.902. The van der Waals surface area contributed by atoms with Gasteiger partial charge in [-0.25, -0.2) is 4.39 Å². The maximum Gasteiger partial charge on any atom is 0.255 e. The number of phenolic OH excluding ortho intramolecular Hbond substituents is 1. The SMILES string of the molecule is CC(C)(NC(=O)c1ccccc1O)c1ccc(F)cc1. The predicted octanol–water partition coefficient (Wildman–Crippen LogP) is 3.20. The Hall–Kier alpha value is -2.36. The molecule has 104 valence electrons. The summed E-state index contributed by atoms with van der Waals surface area (Å²) in [4.78, 5) is 12.2. The van der Waals surface area contributed by atoms with Crippen molar-refractivity contribution in [1.29, 1.82) is 0 Å². The monoisotopic (exact) mass is 273 g/mol. The van der Waals surface area contributed by atoms with Crippen LogP contribution in [0.25, 0.3) is 0 Å². The maximum absolute atomic E-state index is 12.9. The van der Waals surface area contributed by atoms with Gasteiger partial charge in [-0.15, -0.1) is 0 Å². The first-order valence-corrected chi connectivity index (χ1v) is 6.27. The van der Waals surface area contributed by atoms with Gasteiger partial charge in [0.25, 0.3) is 5.91 Å². The molecule has 0 aliphatic heterocycles. The summed E-state index contributed by atoms with van der Waals surface area (Å²) in [5, 5.41) is 12.5. The van der Waals surface area contributed by atoms with E-state index < -0.39 is 5.54 Å². The van der Waals surface area contributed by atoms with E-state index in [-0.39, 0.29) is 23.0 Å². The smallest absolute Gasteiger partial charge is 0.255 e. The number of aromatic hydroxyl groups is 1. The number of rotatable bonds is 3. The molecular weight excluding hydrogens is 257 g/mol. The summed E-state index contributed by atoms with van der Waals surface area (Å²) < 4.78 is 12.9. The van der Waals surface area contributed by atoms with E-state index in [2.05, 4.69) is 5.32 Å². The fraction of sp³-hybridized carbons (Fsp3) is 0.188. The lowest BCUT2D eigenvalue weighted by molar-refractivity contribution is 0.0909. The molecule has 2 N–H and O–H groups in total. The summed E-state index contributed by atoms with van der Waals surface area (Å²) in [6.45, 7) is 3.64. The number of halogens is 1. The second-order valence-corrected chi connectivity index (χ2v) is 5.10. The van der Waals surface area contributed by atoms with E-state index >= 15 is 0 Å². The second-order valence-electron chi connectivity index (χ2n) is 5.10. The Bertz CT molecular complexity index is 621. The first-order valence-electron chi connectivity index (χ1n) is 6.27. The Morgan fingerprint density at radius 3 is 2.30 bits per heavy atom. The van der Waals surface area contributed by atoms with Gasteiger partial charge >= 0.3 is 0 Å². The third kappa shape index (κ3) is 2.96. The molecule has 0 saturated heterocycles. The Morgan fingerprint density at radius 2 is 1.70 bits per heavy atom. The summed E-state index contributed by atoms with van der Waals surface area (Å²) in [6.07, 6.45) is 0. The molecule has 0 saturated carbocycles. The van der Waals surface area contributed by atoms with Gasteiger partial charge in [0.05, 0.1) is 11.1 Å². The standard InChI is InChI=1S/C16H16FNO2/c1-16(2,11-7-9-12(17)10-8-11)18-15(20)13-5-3-4-6-14(13)19/h3-10,19H,1-2H3,(H,18,20). The van der Waals surface area contributed by atoms with E-state index in [0.717, 1.165) is 5.56 Å². The molecule has 2 aromatic rings. The first-order chi connectivity index (χ1) is 9.40. The number of benzene rings is 2. The number of amides is 1. The summed E-state index contributed by atoms with van der Waals surface area (Å²) in [5.74, 6) is -0.770. The van der Waals surface area contributed by atoms with Gasteiger partial charge in [0.1, 0.15) is 11.6 Å². The van der Waals surface area contributed by atoms with E-state index in [1.165, 1.54) is 18.2 Å². The van der Waals surface area contributed by atoms with Gasteiger partial charge in [-0.2, -0.15) is 0 Å². The van der Waals surface area contributed by atoms with Crippen LogP contribution in [0.5, 0.6) is 5.75 Å². The van der Waals surface area contributed by atoms with Crippen LogP contribution < -0.4 is 5.32 Å². The Morgan fingerprint density at radius 1 is 1.10 bits per heavy atom. The third-order valence-electron chi connectivity index (χ3n) is 3.14. The lowest BCUT2D eigenvalue weighted by Gasteiger charge is -2.27. The van der Waals surface area contributed by atoms with E-state index in [1.54, 1.807) is 30.3 Å². The normalized spacial score (nSPS) is 11.2. The van der Waals surface area contributed by atoms with Gasteiger partial charge < -0.3 is 10.4 Å². The highest BCUT2D eigenvalue weighted by Gasteiger charge is 2.24. The van der Waals surface area contributed by atoms with Crippen LogP contribution in [0.3, 0.4) is 0 Å². The summed E-state index contributed by atoms with van der Waals surface area (Å²) in [5.41, 5.74) is 0.318.